The SMILES string of the molecule is COc1ccc(N2C(=O)[C@@H]3[C@@H]4CCCN4[C@]4(C(=O)Nc5c(Cl)cccc54)[C@H]3C2=O)cc1. The van der Waals surface area contributed by atoms with Gasteiger partial charge in [0.1, 0.15) is 11.3 Å². The smallest absolute Gasteiger partial charge is 0.250 e. The van der Waals surface area contributed by atoms with Crippen molar-refractivity contribution in [2.45, 2.75) is 24.4 Å². The van der Waals surface area contributed by atoms with Crippen LogP contribution in [0.25, 0.3) is 0 Å². The highest BCUT2D eigenvalue weighted by atomic mass is 35.5. The summed E-state index contributed by atoms with van der Waals surface area (Å²) in [5.41, 5.74) is 0.528. The van der Waals surface area contributed by atoms with Crippen LogP contribution in [0.1, 0.15) is 18.4 Å². The summed E-state index contributed by atoms with van der Waals surface area (Å²) < 4.78 is 5.20. The first-order chi connectivity index (χ1) is 15.0. The van der Waals surface area contributed by atoms with E-state index in [1.54, 1.807) is 43.5 Å². The lowest BCUT2D eigenvalue weighted by Crippen LogP contribution is -2.54. The molecule has 2 aromatic carbocycles. The van der Waals surface area contributed by atoms with Gasteiger partial charge in [0.2, 0.25) is 11.8 Å². The van der Waals surface area contributed by atoms with Gasteiger partial charge < -0.3 is 10.1 Å². The van der Waals surface area contributed by atoms with Gasteiger partial charge in [-0.1, -0.05) is 23.7 Å². The molecular formula is C23H20ClN3O4. The molecule has 0 bridgehead atoms. The Kier molecular flexibility index (Phi) is 3.83. The number of ether oxygens (including phenoxy) is 1. The molecule has 4 heterocycles. The van der Waals surface area contributed by atoms with Crippen LogP contribution in [0.4, 0.5) is 11.4 Å². The van der Waals surface area contributed by atoms with E-state index < -0.39 is 17.4 Å². The summed E-state index contributed by atoms with van der Waals surface area (Å²) >= 11 is 6.39. The maximum Gasteiger partial charge on any atom is 0.250 e. The topological polar surface area (TPSA) is 79.0 Å². The molecule has 1 spiro atoms. The Balaban J connectivity index is 1.53. The number of rotatable bonds is 2. The standard InChI is InChI=1S/C23H20ClN3O4/c1-31-13-9-7-12(8-10-13)27-20(28)17-16-6-3-11-26(16)23(18(17)21(27)29)14-4-2-5-15(24)19(14)25-22(23)30/h2,4-5,7-10,16-18H,3,6,11H2,1H3,(H,25,30)/t16-,17+,18+,23-/m0/s1. The maximum absolute atomic E-state index is 13.8. The van der Waals surface area contributed by atoms with E-state index in [0.717, 1.165) is 12.8 Å². The molecule has 0 radical (unpaired) electrons. The average molecular weight is 438 g/mol. The Labute approximate surface area is 183 Å². The van der Waals surface area contributed by atoms with E-state index in [9.17, 15) is 14.4 Å². The third kappa shape index (κ3) is 2.15. The highest BCUT2D eigenvalue weighted by Crippen LogP contribution is 2.61. The lowest BCUT2D eigenvalue weighted by atomic mass is 9.75. The molecule has 3 saturated heterocycles. The molecule has 0 aromatic heterocycles. The number of fused-ring (bicyclic) bond motifs is 7. The minimum absolute atomic E-state index is 0.152. The van der Waals surface area contributed by atoms with Crippen LogP contribution >= 0.6 is 11.6 Å². The summed E-state index contributed by atoms with van der Waals surface area (Å²) in [7, 11) is 1.56. The number of para-hydroxylation sites is 1. The molecule has 31 heavy (non-hydrogen) atoms. The van der Waals surface area contributed by atoms with E-state index in [0.29, 0.717) is 34.3 Å². The molecule has 8 heteroatoms. The van der Waals surface area contributed by atoms with Crippen LogP contribution in [0, 0.1) is 11.8 Å². The molecule has 0 aliphatic carbocycles. The Morgan fingerprint density at radius 1 is 1.10 bits per heavy atom. The summed E-state index contributed by atoms with van der Waals surface area (Å²) in [6.07, 6.45) is 1.66. The van der Waals surface area contributed by atoms with Gasteiger partial charge in [0.15, 0.2) is 0 Å². The normalized spacial score (nSPS) is 31.2. The van der Waals surface area contributed by atoms with E-state index in [2.05, 4.69) is 10.2 Å². The van der Waals surface area contributed by atoms with Gasteiger partial charge in [0.25, 0.3) is 5.91 Å². The van der Waals surface area contributed by atoms with Crippen molar-refractivity contribution < 1.29 is 19.1 Å². The second kappa shape index (κ2) is 6.31. The molecule has 158 valence electrons. The highest BCUT2D eigenvalue weighted by Gasteiger charge is 2.74. The second-order valence-electron chi connectivity index (χ2n) is 8.50. The molecule has 3 fully saturated rings. The van der Waals surface area contributed by atoms with Gasteiger partial charge in [0.05, 0.1) is 35.3 Å². The second-order valence-corrected chi connectivity index (χ2v) is 8.91. The van der Waals surface area contributed by atoms with Gasteiger partial charge in [-0.2, -0.15) is 0 Å². The van der Waals surface area contributed by atoms with Gasteiger partial charge >= 0.3 is 0 Å². The van der Waals surface area contributed by atoms with E-state index in [1.165, 1.54) is 4.90 Å². The van der Waals surface area contributed by atoms with E-state index >= 15 is 0 Å². The zero-order valence-corrected chi connectivity index (χ0v) is 17.6. The van der Waals surface area contributed by atoms with Crippen molar-refractivity contribution in [3.63, 3.8) is 0 Å². The summed E-state index contributed by atoms with van der Waals surface area (Å²) in [5, 5.41) is 3.35. The predicted molar refractivity (Wildman–Crippen MR) is 114 cm³/mol. The molecule has 1 N–H and O–H groups in total. The Bertz CT molecular complexity index is 1150. The number of benzene rings is 2. The Morgan fingerprint density at radius 3 is 2.61 bits per heavy atom. The van der Waals surface area contributed by atoms with Crippen molar-refractivity contribution in [2.75, 3.05) is 23.9 Å². The van der Waals surface area contributed by atoms with Crippen LogP contribution in [0.15, 0.2) is 42.5 Å². The van der Waals surface area contributed by atoms with Crippen LogP contribution in [0.3, 0.4) is 0 Å². The van der Waals surface area contributed by atoms with Crippen molar-refractivity contribution in [1.82, 2.24) is 4.90 Å². The first-order valence-corrected chi connectivity index (χ1v) is 10.8. The van der Waals surface area contributed by atoms with E-state index in [1.807, 2.05) is 6.07 Å². The van der Waals surface area contributed by atoms with Crippen LogP contribution in [0.2, 0.25) is 5.02 Å². The maximum atomic E-state index is 13.8. The molecule has 6 rings (SSSR count). The van der Waals surface area contributed by atoms with Crippen molar-refractivity contribution in [1.29, 1.82) is 0 Å². The lowest BCUT2D eigenvalue weighted by molar-refractivity contribution is -0.135. The molecule has 0 saturated carbocycles. The summed E-state index contributed by atoms with van der Waals surface area (Å²) in [5.74, 6) is -1.55. The zero-order valence-electron chi connectivity index (χ0n) is 16.8. The molecular weight excluding hydrogens is 418 g/mol. The van der Waals surface area contributed by atoms with Gasteiger partial charge in [0, 0.05) is 11.6 Å². The predicted octanol–water partition coefficient (Wildman–Crippen LogP) is 2.78. The number of halogens is 1. The zero-order chi connectivity index (χ0) is 21.5. The molecule has 4 aliphatic rings. The number of carbonyl (C=O) groups is 3. The largest absolute Gasteiger partial charge is 0.497 e. The Morgan fingerprint density at radius 2 is 1.87 bits per heavy atom. The van der Waals surface area contributed by atoms with Crippen LogP contribution in [0.5, 0.6) is 5.75 Å². The van der Waals surface area contributed by atoms with Gasteiger partial charge in [-0.05, 0) is 49.7 Å². The first-order valence-electron chi connectivity index (χ1n) is 10.4. The highest BCUT2D eigenvalue weighted by molar-refractivity contribution is 6.35. The van der Waals surface area contributed by atoms with Gasteiger partial charge in [-0.3, -0.25) is 19.3 Å². The average Bonchev–Trinajstić information content (AvgIpc) is 3.47. The van der Waals surface area contributed by atoms with E-state index in [4.69, 9.17) is 16.3 Å². The number of amides is 3. The molecule has 2 aromatic rings. The number of anilines is 2. The lowest BCUT2D eigenvalue weighted by Gasteiger charge is -2.36. The van der Waals surface area contributed by atoms with Crippen LogP contribution in [-0.2, 0) is 19.9 Å². The molecule has 7 nitrogen and oxygen atoms in total. The van der Waals surface area contributed by atoms with Crippen molar-refractivity contribution >= 4 is 40.7 Å². The summed E-state index contributed by atoms with van der Waals surface area (Å²) in [4.78, 5) is 44.3. The minimum Gasteiger partial charge on any atom is -0.497 e. The fraction of sp³-hybridized carbons (Fsp3) is 0.348. The fourth-order valence-corrected chi connectivity index (χ4v) is 6.40. The number of nitrogens with zero attached hydrogens (tertiary/aromatic N) is 2. The van der Waals surface area contributed by atoms with Gasteiger partial charge in [-0.25, -0.2) is 4.90 Å². The number of hydrogen-bond acceptors (Lipinski definition) is 5. The Hall–Kier alpha value is -2.90. The molecule has 3 amide bonds. The quantitative estimate of drug-likeness (QED) is 0.731. The first kappa shape index (κ1) is 18.8. The van der Waals surface area contributed by atoms with Crippen LogP contribution in [-0.4, -0.2) is 42.3 Å². The molecule has 4 aliphatic heterocycles. The number of imide groups is 1. The monoisotopic (exact) mass is 437 g/mol. The third-order valence-electron chi connectivity index (χ3n) is 7.31. The van der Waals surface area contributed by atoms with Crippen molar-refractivity contribution in [2.24, 2.45) is 11.8 Å². The molecule has 0 unspecified atom stereocenters. The summed E-state index contributed by atoms with van der Waals surface area (Å²) in [6, 6.07) is 12.1. The fourth-order valence-electron chi connectivity index (χ4n) is 6.18. The molecule has 4 atom stereocenters. The third-order valence-corrected chi connectivity index (χ3v) is 7.62. The summed E-state index contributed by atoms with van der Waals surface area (Å²) in [6.45, 7) is 0.667. The van der Waals surface area contributed by atoms with Gasteiger partial charge in [-0.15, -0.1) is 0 Å². The number of nitrogens with one attached hydrogen (secondary N) is 1. The van der Waals surface area contributed by atoms with E-state index in [-0.39, 0.29) is 23.8 Å². The van der Waals surface area contributed by atoms with Crippen LogP contribution < -0.4 is 15.0 Å². The number of carbonyl (C=O) groups excluding carboxylic acids is 3. The number of methoxy groups -OCH3 is 1. The number of hydrogen-bond donors (Lipinski definition) is 1. The minimum atomic E-state index is -1.21. The van der Waals surface area contributed by atoms with Crippen molar-refractivity contribution in [3.8, 4) is 5.75 Å². The van der Waals surface area contributed by atoms with Crippen molar-refractivity contribution in [3.05, 3.63) is 53.1 Å².